The summed E-state index contributed by atoms with van der Waals surface area (Å²) >= 11 is 0. The Morgan fingerprint density at radius 3 is 0.980 bits per heavy atom. The third kappa shape index (κ3) is 35.1. The van der Waals surface area contributed by atoms with Crippen LogP contribution in [0, 0.1) is 52.8 Å². The van der Waals surface area contributed by atoms with Crippen LogP contribution in [0.3, 0.4) is 0 Å². The number of aliphatic hydroxyl groups excluding tert-OH is 18. The van der Waals surface area contributed by atoms with Gasteiger partial charge in [-0.15, -0.1) is 0 Å². The van der Waals surface area contributed by atoms with E-state index in [9.17, 15) is 91.9 Å². The van der Waals surface area contributed by atoms with E-state index >= 15 is 0 Å². The largest absolute Gasteiger partial charge is 0.499 e. The first-order chi connectivity index (χ1) is 71.2. The molecule has 0 radical (unpaired) electrons. The maximum Gasteiger partial charge on any atom is 0.381 e. The fourth-order valence-electron chi connectivity index (χ4n) is 16.7. The summed E-state index contributed by atoms with van der Waals surface area (Å²) < 4.78 is 7.12. The Labute approximate surface area is 872 Å². The van der Waals surface area contributed by atoms with Gasteiger partial charge in [-0.25, -0.2) is 84.4 Å². The van der Waals surface area contributed by atoms with Crippen LogP contribution in [0.25, 0.3) is 43.6 Å². The summed E-state index contributed by atoms with van der Waals surface area (Å²) in [6.45, 7) is 30.7. The van der Waals surface area contributed by atoms with Crippen molar-refractivity contribution in [3.05, 3.63) is 174 Å². The Morgan fingerprint density at radius 1 is 0.320 bits per heavy atom. The highest BCUT2D eigenvalue weighted by Crippen LogP contribution is 2.30. The van der Waals surface area contributed by atoms with E-state index in [1.807, 2.05) is 152 Å². The SMILES string of the molecule is CC(C)C[C@H](N=C(O)[C@H](C)N=C(O)CN=C(O)[C@@H](N=CO)C(C)C)C(O)=N[C@@H](C)C(O)=N[C@H](C(O)=N[C@H](C(O)=N[C@H](C(O)=N[C@@H](Cc1c[nH]c2ccccc12)C(O)=N[C@@H](CC(C)C)C(O)=N[C@@H](Cc1c[nH]c2ccccc12)C(O)=N[C@@H](CC(C)C)C(O)=N[C@@H](Cc1c[nH]c2ccccc12)C(O)=N[C@@H](CC(C)C)C(O)=N[C@@H](Cc1c[nH]c2ccccc12)C(O)=NCCOC(O)=NCC[n+]1cccc(C(=N)O)c1)C(C)C)C(C)C)C(C)C. The molecule has 810 valence electrons. The molecule has 23 N–H and O–H groups in total. The predicted molar refractivity (Wildman–Crippen MR) is 598 cm³/mol. The molecule has 0 aliphatic rings. The number of benzene rings is 4. The summed E-state index contributed by atoms with van der Waals surface area (Å²) in [7, 11) is 0. The minimum Gasteiger partial charge on any atom is -0.499 e. The molecule has 0 saturated carbocycles. The molecule has 0 fully saturated rings. The number of para-hydroxylation sites is 4. The Morgan fingerprint density at radius 2 is 0.627 bits per heavy atom. The Bertz CT molecular complexity index is 6520. The van der Waals surface area contributed by atoms with E-state index in [1.165, 1.54) is 13.8 Å². The minimum absolute atomic E-state index is 0.00462. The lowest BCUT2D eigenvalue weighted by Gasteiger charge is -2.23. The number of aromatic nitrogens is 5. The topological polar surface area (TPSA) is 674 Å². The summed E-state index contributed by atoms with van der Waals surface area (Å²) in [5.41, 5.74) is 5.87. The first-order valence-corrected chi connectivity index (χ1v) is 50.6. The Hall–Kier alpha value is -15.6. The molecular formula is C108H150N23O19+. The molecule has 0 bridgehead atoms. The van der Waals surface area contributed by atoms with Crippen molar-refractivity contribution >= 4 is 150 Å². The first kappa shape index (κ1) is 118. The quantitative estimate of drug-likeness (QED) is 0.00728. The summed E-state index contributed by atoms with van der Waals surface area (Å²) in [5, 5.41) is 220. The third-order valence-corrected chi connectivity index (χ3v) is 24.6. The standard InChI is InChI=1S/C108H149N23O19/c1-57(2)42-80(120-94(135)65(17)118-88(133)54-116-104(145)89(61(9)10)117-56-132)97(138)119-66(18)95(136)128-91(63(13)14)106(147)130-92(64(15)16)107(148)129-90(62(11)12)105(146)127-87(49-71-53-115-79-36-26-22-32-75(71)79)103(144)123-83(45-60(7)8)100(141)126-86(48-70-52-114-78-35-25-21-31-74(70)78)102(143)122-82(44-59(5)6)99(140)125-85(47-69-51-113-77-34-24-20-30-73(69)77)101(142)121-81(43-58(3)4)98(139)124-84(46-68-50-112-76-33-23-19-29-72(68)76)96(137)110-38-41-150-108(149)111-37-40-131-39-27-28-67(55-131)93(109)134/h19-36,39,50-53,55-66,80-87,89-92,112-115H,37-38,40-49,54H2,1-18H3,(H18-,109,110,111,116,117,118,119,120,121,122,123,124,125,126,127,128,129,130,132,133,134,135,136,137,138,139,140,141,142,143,144,145,146,147,148,149)/p+1/t65-,66-,80-,81-,82-,83-,84-,85-,86-,87-,89-,90-,91-,92-/m0/s1. The van der Waals surface area contributed by atoms with E-state index in [1.54, 1.807) is 109 Å². The van der Waals surface area contributed by atoms with Crippen molar-refractivity contribution in [1.82, 2.24) is 19.9 Å². The van der Waals surface area contributed by atoms with Gasteiger partial charge in [-0.2, -0.15) is 0 Å². The maximum absolute atomic E-state index is 12.9. The zero-order valence-electron chi connectivity index (χ0n) is 88.3. The Balaban J connectivity index is 1.06. The molecule has 9 aromatic rings. The number of rotatable bonds is 57. The molecule has 9 rings (SSSR count). The normalized spacial score (nSPS) is 17.2. The zero-order chi connectivity index (χ0) is 110. The van der Waals surface area contributed by atoms with Crippen LogP contribution in [0.4, 0.5) is 0 Å². The second kappa shape index (κ2) is 56.6. The molecule has 0 aliphatic heterocycles. The molecule has 42 nitrogen and oxygen atoms in total. The zero-order valence-corrected chi connectivity index (χ0v) is 88.3. The highest BCUT2D eigenvalue weighted by molar-refractivity contribution is 5.99. The van der Waals surface area contributed by atoms with E-state index in [4.69, 9.17) is 45.1 Å². The van der Waals surface area contributed by atoms with Crippen LogP contribution in [0.15, 0.2) is 231 Å². The fourth-order valence-corrected chi connectivity index (χ4v) is 16.7. The number of nitrogens with one attached hydrogen (secondary N) is 5. The van der Waals surface area contributed by atoms with Gasteiger partial charge in [-0.05, 0) is 139 Å². The van der Waals surface area contributed by atoms with Gasteiger partial charge in [0.05, 0.1) is 12.1 Å². The molecule has 14 atom stereocenters. The number of nitrogens with zero attached hydrogens (tertiary/aromatic N) is 18. The molecule has 150 heavy (non-hydrogen) atoms. The second-order valence-electron chi connectivity index (χ2n) is 40.3. The van der Waals surface area contributed by atoms with Crippen molar-refractivity contribution in [1.29, 1.82) is 5.41 Å². The van der Waals surface area contributed by atoms with Gasteiger partial charge in [0.15, 0.2) is 25.3 Å². The van der Waals surface area contributed by atoms with Crippen molar-refractivity contribution in [3.63, 3.8) is 0 Å². The third-order valence-electron chi connectivity index (χ3n) is 24.6. The van der Waals surface area contributed by atoms with Gasteiger partial charge in [0.2, 0.25) is 94.4 Å². The lowest BCUT2D eigenvalue weighted by Crippen LogP contribution is -2.35. The minimum atomic E-state index is -1.48. The van der Waals surface area contributed by atoms with E-state index in [2.05, 4.69) is 69.9 Å². The number of aromatic amines is 4. The van der Waals surface area contributed by atoms with Crippen LogP contribution in [0.1, 0.15) is 178 Å². The molecule has 0 saturated heterocycles. The predicted octanol–water partition coefficient (Wildman–Crippen LogP) is 18.6. The summed E-state index contributed by atoms with van der Waals surface area (Å²) in [6, 6.07) is 14.6. The molecule has 42 heteroatoms. The molecule has 4 aromatic carbocycles. The van der Waals surface area contributed by atoms with Crippen molar-refractivity contribution in [2.75, 3.05) is 26.2 Å². The van der Waals surface area contributed by atoms with E-state index in [-0.39, 0.29) is 107 Å². The number of aliphatic imine (C=N–C) groups is 17. The lowest BCUT2D eigenvalue weighted by molar-refractivity contribution is -0.694. The van der Waals surface area contributed by atoms with Gasteiger partial charge in [-0.1, -0.05) is 184 Å². The average molecular weight is 2070 g/mol. The molecule has 0 aliphatic carbocycles. The van der Waals surface area contributed by atoms with Crippen molar-refractivity contribution < 1.29 is 101 Å². The maximum atomic E-state index is 12.9. The summed E-state index contributed by atoms with van der Waals surface area (Å²) in [4.78, 5) is 88.7. The highest BCUT2D eigenvalue weighted by Gasteiger charge is 2.36. The van der Waals surface area contributed by atoms with Gasteiger partial charge in [0.25, 0.3) is 0 Å². The van der Waals surface area contributed by atoms with Crippen LogP contribution < -0.4 is 4.57 Å². The van der Waals surface area contributed by atoms with Crippen molar-refractivity contribution in [3.8, 4) is 0 Å². The molecule has 0 unspecified atom stereocenters. The lowest BCUT2D eigenvalue weighted by atomic mass is 10.0. The number of hydrogen-bond donors (Lipinski definition) is 23. The number of ether oxygens (including phenoxy) is 1. The molecule has 5 heterocycles. The molecule has 0 spiro atoms. The van der Waals surface area contributed by atoms with Crippen LogP contribution in [0.5, 0.6) is 0 Å². The van der Waals surface area contributed by atoms with E-state index in [0.717, 1.165) is 43.6 Å². The van der Waals surface area contributed by atoms with Gasteiger partial charge in [-0.3, -0.25) is 10.4 Å². The summed E-state index contributed by atoms with van der Waals surface area (Å²) in [6.07, 6.45) is 9.97. The summed E-state index contributed by atoms with van der Waals surface area (Å²) in [5.74, 6) is -13.0. The molecule has 5 aromatic heterocycles. The van der Waals surface area contributed by atoms with Gasteiger partial charge >= 0.3 is 6.08 Å². The number of hydrogen-bond acceptors (Lipinski definition) is 19. The molecular weight excluding hydrogens is 1920 g/mol. The number of H-pyrrole nitrogens is 4. The van der Waals surface area contributed by atoms with Crippen LogP contribution in [-0.2, 0) is 37.0 Å². The van der Waals surface area contributed by atoms with E-state index < -0.39 is 209 Å². The van der Waals surface area contributed by atoms with Gasteiger partial charge in [0, 0.05) is 100 Å². The van der Waals surface area contributed by atoms with E-state index in [0.29, 0.717) is 34.2 Å². The first-order valence-electron chi connectivity index (χ1n) is 50.6. The van der Waals surface area contributed by atoms with Crippen molar-refractivity contribution in [2.45, 2.75) is 267 Å². The van der Waals surface area contributed by atoms with Crippen molar-refractivity contribution in [2.24, 2.45) is 132 Å². The van der Waals surface area contributed by atoms with Crippen LogP contribution >= 0.6 is 0 Å². The molecule has 0 amide bonds. The second-order valence-corrected chi connectivity index (χ2v) is 40.3. The Kier molecular flexibility index (Phi) is 44.5. The van der Waals surface area contributed by atoms with Crippen LogP contribution in [-0.4, -0.2) is 330 Å². The van der Waals surface area contributed by atoms with Gasteiger partial charge < -0.3 is 117 Å². The van der Waals surface area contributed by atoms with Crippen LogP contribution in [0.2, 0.25) is 0 Å². The number of pyridine rings is 1. The number of aliphatic hydroxyl groups is 18. The fraction of sp³-hybridized carbons (Fsp3) is 0.491. The number of fused-ring (bicyclic) bond motifs is 4. The average Bonchev–Trinajstić information content (AvgIpc) is 1.66. The monoisotopic (exact) mass is 2070 g/mol. The smallest absolute Gasteiger partial charge is 0.381 e. The van der Waals surface area contributed by atoms with Gasteiger partial charge in [0.1, 0.15) is 104 Å². The highest BCUT2D eigenvalue weighted by atomic mass is 16.6.